The van der Waals surface area contributed by atoms with Crippen molar-refractivity contribution in [1.29, 1.82) is 0 Å². The average molecular weight is 298 g/mol. The van der Waals surface area contributed by atoms with Gasteiger partial charge in [0.1, 0.15) is 5.75 Å². The summed E-state index contributed by atoms with van der Waals surface area (Å²) in [6.07, 6.45) is 1.25. The molecule has 1 fully saturated rings. The maximum atomic E-state index is 5.29. The molecule has 2 aromatic rings. The van der Waals surface area contributed by atoms with Crippen molar-refractivity contribution in [1.82, 2.24) is 4.90 Å². The molecule has 0 aliphatic carbocycles. The van der Waals surface area contributed by atoms with Gasteiger partial charge in [-0.05, 0) is 41.0 Å². The number of ether oxygens (including phenoxy) is 1. The Morgan fingerprint density at radius 1 is 1.19 bits per heavy atom. The van der Waals surface area contributed by atoms with Crippen molar-refractivity contribution in [2.75, 3.05) is 26.0 Å². The van der Waals surface area contributed by atoms with Crippen molar-refractivity contribution >= 4 is 27.7 Å². The van der Waals surface area contributed by atoms with Crippen LogP contribution in [0.4, 0.5) is 0 Å². The number of hydrogen-bond donors (Lipinski definition) is 0. The normalized spacial score (nSPS) is 21.3. The Bertz CT molecular complexity index is 713. The Morgan fingerprint density at radius 2 is 2.05 bits per heavy atom. The molecule has 108 valence electrons. The first kappa shape index (κ1) is 13.0. The third-order valence-corrected chi connectivity index (χ3v) is 5.37. The van der Waals surface area contributed by atoms with Gasteiger partial charge in [0.2, 0.25) is 0 Å². The van der Waals surface area contributed by atoms with Crippen LogP contribution in [0.25, 0.3) is 10.8 Å². The summed E-state index contributed by atoms with van der Waals surface area (Å²) in [4.78, 5) is 7.18. The minimum absolute atomic E-state index is 0.416. The van der Waals surface area contributed by atoms with E-state index in [1.165, 1.54) is 33.7 Å². The lowest BCUT2D eigenvalue weighted by Gasteiger charge is -2.31. The minimum atomic E-state index is 0.416. The minimum Gasteiger partial charge on any atom is -0.497 e. The van der Waals surface area contributed by atoms with Gasteiger partial charge in [0.25, 0.3) is 0 Å². The van der Waals surface area contributed by atoms with E-state index in [4.69, 9.17) is 9.73 Å². The third-order valence-electron chi connectivity index (χ3n) is 4.25. The fraction of sp³-hybridized carbons (Fsp3) is 0.353. The summed E-state index contributed by atoms with van der Waals surface area (Å²) in [5.74, 6) is 2.12. The molecule has 1 atom stereocenters. The summed E-state index contributed by atoms with van der Waals surface area (Å²) in [5, 5.41) is 3.73. The zero-order chi connectivity index (χ0) is 14.2. The van der Waals surface area contributed by atoms with Crippen LogP contribution in [0.5, 0.6) is 5.75 Å². The second kappa shape index (κ2) is 5.26. The molecule has 0 saturated carbocycles. The molecule has 0 N–H and O–H groups in total. The van der Waals surface area contributed by atoms with Gasteiger partial charge in [0.05, 0.1) is 19.7 Å². The Labute approximate surface area is 129 Å². The number of hydrogen-bond acceptors (Lipinski definition) is 4. The van der Waals surface area contributed by atoms with Gasteiger partial charge in [-0.15, -0.1) is 0 Å². The smallest absolute Gasteiger partial charge is 0.159 e. The molecule has 2 aromatic carbocycles. The fourth-order valence-electron chi connectivity index (χ4n) is 3.13. The molecule has 1 unspecified atom stereocenters. The summed E-state index contributed by atoms with van der Waals surface area (Å²) in [7, 11) is 1.71. The highest BCUT2D eigenvalue weighted by molar-refractivity contribution is 8.13. The fourth-order valence-corrected chi connectivity index (χ4v) is 4.13. The molecule has 4 heteroatoms. The van der Waals surface area contributed by atoms with Crippen LogP contribution in [-0.2, 0) is 0 Å². The van der Waals surface area contributed by atoms with Gasteiger partial charge in [0, 0.05) is 12.3 Å². The summed E-state index contributed by atoms with van der Waals surface area (Å²) in [6.45, 7) is 2.03. The first-order valence-corrected chi connectivity index (χ1v) is 8.35. The van der Waals surface area contributed by atoms with E-state index in [2.05, 4.69) is 35.2 Å². The van der Waals surface area contributed by atoms with E-state index in [1.807, 2.05) is 17.8 Å². The number of aliphatic imine (C=N–C) groups is 1. The summed E-state index contributed by atoms with van der Waals surface area (Å²) in [5.41, 5.74) is 1.37. The number of nitrogens with zero attached hydrogens (tertiary/aromatic N) is 2. The largest absolute Gasteiger partial charge is 0.497 e. The maximum absolute atomic E-state index is 5.29. The van der Waals surface area contributed by atoms with E-state index in [0.29, 0.717) is 6.04 Å². The van der Waals surface area contributed by atoms with Crippen LogP contribution in [0.2, 0.25) is 0 Å². The molecule has 0 aromatic heterocycles. The van der Waals surface area contributed by atoms with Crippen LogP contribution in [0.1, 0.15) is 18.0 Å². The second-order valence-electron chi connectivity index (χ2n) is 5.51. The molecule has 2 heterocycles. The molecule has 0 radical (unpaired) electrons. The highest BCUT2D eigenvalue weighted by Gasteiger charge is 2.31. The molecule has 4 rings (SSSR count). The van der Waals surface area contributed by atoms with Crippen molar-refractivity contribution in [3.8, 4) is 5.75 Å². The molecule has 2 aliphatic heterocycles. The van der Waals surface area contributed by atoms with E-state index < -0.39 is 0 Å². The molecule has 0 spiro atoms. The van der Waals surface area contributed by atoms with Crippen LogP contribution >= 0.6 is 11.8 Å². The molecule has 3 nitrogen and oxygen atoms in total. The maximum Gasteiger partial charge on any atom is 0.159 e. The van der Waals surface area contributed by atoms with Crippen LogP contribution in [0.15, 0.2) is 41.4 Å². The Kier molecular flexibility index (Phi) is 3.26. The van der Waals surface area contributed by atoms with Crippen molar-refractivity contribution in [2.24, 2.45) is 4.99 Å². The number of benzene rings is 2. The van der Waals surface area contributed by atoms with Gasteiger partial charge in [-0.2, -0.15) is 0 Å². The zero-order valence-corrected chi connectivity index (χ0v) is 12.9. The summed E-state index contributed by atoms with van der Waals surface area (Å²) >= 11 is 1.90. The van der Waals surface area contributed by atoms with Gasteiger partial charge in [-0.25, -0.2) is 0 Å². The van der Waals surface area contributed by atoms with Crippen molar-refractivity contribution in [3.63, 3.8) is 0 Å². The van der Waals surface area contributed by atoms with Crippen LogP contribution in [0, 0.1) is 0 Å². The molecule has 21 heavy (non-hydrogen) atoms. The van der Waals surface area contributed by atoms with Crippen molar-refractivity contribution < 1.29 is 4.74 Å². The van der Waals surface area contributed by atoms with Crippen LogP contribution in [0.3, 0.4) is 0 Å². The van der Waals surface area contributed by atoms with E-state index in [0.717, 1.165) is 18.8 Å². The van der Waals surface area contributed by atoms with Crippen molar-refractivity contribution in [3.05, 3.63) is 42.0 Å². The third kappa shape index (κ3) is 2.27. The Hall–Kier alpha value is -1.68. The van der Waals surface area contributed by atoms with Gasteiger partial charge in [-0.3, -0.25) is 4.99 Å². The van der Waals surface area contributed by atoms with Crippen LogP contribution < -0.4 is 4.74 Å². The highest BCUT2D eigenvalue weighted by Crippen LogP contribution is 2.35. The molecular weight excluding hydrogens is 280 g/mol. The SMILES string of the molecule is COc1ccc2cc(C3CN=C4SCCCN43)ccc2c1. The first-order chi connectivity index (χ1) is 10.3. The lowest BCUT2D eigenvalue weighted by molar-refractivity contribution is 0.353. The van der Waals surface area contributed by atoms with Gasteiger partial charge in [-0.1, -0.05) is 30.0 Å². The zero-order valence-electron chi connectivity index (χ0n) is 12.1. The molecule has 0 amide bonds. The predicted molar refractivity (Wildman–Crippen MR) is 89.3 cm³/mol. The van der Waals surface area contributed by atoms with Crippen molar-refractivity contribution in [2.45, 2.75) is 12.5 Å². The summed E-state index contributed by atoms with van der Waals surface area (Å²) < 4.78 is 5.29. The molecule has 1 saturated heterocycles. The summed E-state index contributed by atoms with van der Waals surface area (Å²) in [6, 6.07) is 13.4. The van der Waals surface area contributed by atoms with E-state index >= 15 is 0 Å². The number of amidine groups is 1. The topological polar surface area (TPSA) is 24.8 Å². The first-order valence-electron chi connectivity index (χ1n) is 7.37. The quantitative estimate of drug-likeness (QED) is 0.845. The van der Waals surface area contributed by atoms with E-state index in [9.17, 15) is 0 Å². The molecular formula is C17H18N2OS. The average Bonchev–Trinajstić information content (AvgIpc) is 2.98. The molecule has 0 bridgehead atoms. The van der Waals surface area contributed by atoms with Gasteiger partial charge in [0.15, 0.2) is 5.17 Å². The van der Waals surface area contributed by atoms with E-state index in [-0.39, 0.29) is 0 Å². The number of fused-ring (bicyclic) bond motifs is 2. The number of thioether (sulfide) groups is 1. The Morgan fingerprint density at radius 3 is 2.95 bits per heavy atom. The van der Waals surface area contributed by atoms with E-state index in [1.54, 1.807) is 7.11 Å². The number of rotatable bonds is 2. The lowest BCUT2D eigenvalue weighted by Crippen LogP contribution is -2.33. The lowest BCUT2D eigenvalue weighted by atomic mass is 10.0. The highest BCUT2D eigenvalue weighted by atomic mass is 32.2. The van der Waals surface area contributed by atoms with Crippen LogP contribution in [-0.4, -0.2) is 36.0 Å². The van der Waals surface area contributed by atoms with Gasteiger partial charge >= 0.3 is 0 Å². The second-order valence-corrected chi connectivity index (χ2v) is 6.57. The number of methoxy groups -OCH3 is 1. The monoisotopic (exact) mass is 298 g/mol. The van der Waals surface area contributed by atoms with Gasteiger partial charge < -0.3 is 9.64 Å². The Balaban J connectivity index is 1.68. The standard InChI is InChI=1S/C17H18N2OS/c1-20-15-6-5-12-9-14(4-3-13(12)10-15)16-11-18-17-19(16)7-2-8-21-17/h3-6,9-10,16H,2,7-8,11H2,1H3. The molecule has 2 aliphatic rings. The predicted octanol–water partition coefficient (Wildman–Crippen LogP) is 3.70.